The number of anilines is 1. The number of aromatic nitrogens is 1. The van der Waals surface area contributed by atoms with Crippen molar-refractivity contribution in [1.29, 1.82) is 0 Å². The van der Waals surface area contributed by atoms with E-state index in [9.17, 15) is 0 Å². The van der Waals surface area contributed by atoms with E-state index in [1.807, 2.05) is 6.20 Å². The summed E-state index contributed by atoms with van der Waals surface area (Å²) in [6, 6.07) is 4.76. The van der Waals surface area contributed by atoms with Gasteiger partial charge in [-0.05, 0) is 25.5 Å². The smallest absolute Gasteiger partial charge is 0.128 e. The Balaban J connectivity index is 1.98. The standard InChI is InChI=1S/C15H25N3O/c1-12(2)16-9-13-5-6-14(17-10-13)18-7-8-19-15(3,4)11-18/h5-6,10,12,16H,7-9,11H2,1-4H3. The van der Waals surface area contributed by atoms with Gasteiger partial charge in [0.1, 0.15) is 5.82 Å². The lowest BCUT2D eigenvalue weighted by Crippen LogP contribution is -2.48. The van der Waals surface area contributed by atoms with E-state index in [1.54, 1.807) is 0 Å². The van der Waals surface area contributed by atoms with Crippen LogP contribution in [0.3, 0.4) is 0 Å². The fourth-order valence-electron chi connectivity index (χ4n) is 2.24. The third kappa shape index (κ3) is 4.18. The van der Waals surface area contributed by atoms with Crippen LogP contribution in [-0.4, -0.2) is 36.3 Å². The van der Waals surface area contributed by atoms with Crippen molar-refractivity contribution in [3.05, 3.63) is 23.9 Å². The molecule has 1 aromatic rings. The maximum Gasteiger partial charge on any atom is 0.128 e. The first kappa shape index (κ1) is 14.3. The molecule has 4 nitrogen and oxygen atoms in total. The predicted octanol–water partition coefficient (Wildman–Crippen LogP) is 2.19. The van der Waals surface area contributed by atoms with Gasteiger partial charge in [-0.15, -0.1) is 0 Å². The summed E-state index contributed by atoms with van der Waals surface area (Å²) >= 11 is 0. The van der Waals surface area contributed by atoms with Crippen LogP contribution in [0.15, 0.2) is 18.3 Å². The van der Waals surface area contributed by atoms with Crippen LogP contribution in [0, 0.1) is 0 Å². The molecule has 4 heteroatoms. The lowest BCUT2D eigenvalue weighted by molar-refractivity contribution is -0.0279. The van der Waals surface area contributed by atoms with Crippen LogP contribution < -0.4 is 10.2 Å². The second-order valence-corrected chi connectivity index (χ2v) is 6.09. The number of pyridine rings is 1. The zero-order valence-electron chi connectivity index (χ0n) is 12.4. The van der Waals surface area contributed by atoms with Crippen molar-refractivity contribution in [3.8, 4) is 0 Å². The van der Waals surface area contributed by atoms with Crippen molar-refractivity contribution >= 4 is 5.82 Å². The van der Waals surface area contributed by atoms with Gasteiger partial charge >= 0.3 is 0 Å². The Hall–Kier alpha value is -1.13. The van der Waals surface area contributed by atoms with Crippen molar-refractivity contribution in [3.63, 3.8) is 0 Å². The van der Waals surface area contributed by atoms with Gasteiger partial charge in [0.25, 0.3) is 0 Å². The van der Waals surface area contributed by atoms with E-state index >= 15 is 0 Å². The fourth-order valence-corrected chi connectivity index (χ4v) is 2.24. The zero-order chi connectivity index (χ0) is 13.9. The molecule has 0 bridgehead atoms. The molecule has 2 heterocycles. The predicted molar refractivity (Wildman–Crippen MR) is 78.5 cm³/mol. The molecule has 1 saturated heterocycles. The molecule has 1 fully saturated rings. The normalized spacial score (nSPS) is 18.9. The Bertz CT molecular complexity index is 400. The first-order valence-corrected chi connectivity index (χ1v) is 7.03. The molecule has 0 aromatic carbocycles. The van der Waals surface area contributed by atoms with Crippen molar-refractivity contribution in [2.45, 2.75) is 45.9 Å². The van der Waals surface area contributed by atoms with Gasteiger partial charge in [0.15, 0.2) is 0 Å². The number of nitrogens with zero attached hydrogens (tertiary/aromatic N) is 2. The average molecular weight is 263 g/mol. The zero-order valence-corrected chi connectivity index (χ0v) is 12.4. The summed E-state index contributed by atoms with van der Waals surface area (Å²) in [7, 11) is 0. The molecule has 0 spiro atoms. The number of morpholine rings is 1. The third-order valence-electron chi connectivity index (χ3n) is 3.27. The Morgan fingerprint density at radius 1 is 1.42 bits per heavy atom. The molecular formula is C15H25N3O. The van der Waals surface area contributed by atoms with Gasteiger partial charge in [0.05, 0.1) is 12.2 Å². The molecule has 1 aliphatic heterocycles. The molecule has 0 radical (unpaired) electrons. The maximum absolute atomic E-state index is 5.73. The van der Waals surface area contributed by atoms with Crippen LogP contribution >= 0.6 is 0 Å². The lowest BCUT2D eigenvalue weighted by atomic mass is 10.1. The first-order valence-electron chi connectivity index (χ1n) is 7.03. The van der Waals surface area contributed by atoms with E-state index < -0.39 is 0 Å². The average Bonchev–Trinajstić information content (AvgIpc) is 2.36. The van der Waals surface area contributed by atoms with Crippen LogP contribution in [0.4, 0.5) is 5.82 Å². The maximum atomic E-state index is 5.73. The molecule has 0 amide bonds. The van der Waals surface area contributed by atoms with Crippen LogP contribution in [0.25, 0.3) is 0 Å². The molecule has 19 heavy (non-hydrogen) atoms. The minimum absolute atomic E-state index is 0.0855. The van der Waals surface area contributed by atoms with Gasteiger partial charge in [-0.25, -0.2) is 4.98 Å². The first-order chi connectivity index (χ1) is 8.96. The molecule has 0 atom stereocenters. The van der Waals surface area contributed by atoms with Gasteiger partial charge in [0, 0.05) is 31.9 Å². The summed E-state index contributed by atoms with van der Waals surface area (Å²) < 4.78 is 5.73. The highest BCUT2D eigenvalue weighted by Gasteiger charge is 2.27. The summed E-state index contributed by atoms with van der Waals surface area (Å²) in [5.74, 6) is 1.05. The van der Waals surface area contributed by atoms with Crippen LogP contribution in [0.2, 0.25) is 0 Å². The minimum Gasteiger partial charge on any atom is -0.372 e. The van der Waals surface area contributed by atoms with Gasteiger partial charge in [-0.3, -0.25) is 0 Å². The quantitative estimate of drug-likeness (QED) is 0.903. The lowest BCUT2D eigenvalue weighted by Gasteiger charge is -2.38. The number of hydrogen-bond acceptors (Lipinski definition) is 4. The van der Waals surface area contributed by atoms with Crippen molar-refractivity contribution in [2.24, 2.45) is 0 Å². The van der Waals surface area contributed by atoms with Gasteiger partial charge in [0.2, 0.25) is 0 Å². The van der Waals surface area contributed by atoms with Gasteiger partial charge < -0.3 is 15.0 Å². The SMILES string of the molecule is CC(C)NCc1ccc(N2CCOC(C)(C)C2)nc1. The van der Waals surface area contributed by atoms with E-state index in [1.165, 1.54) is 5.56 Å². The third-order valence-corrected chi connectivity index (χ3v) is 3.27. The highest BCUT2D eigenvalue weighted by Crippen LogP contribution is 2.21. The van der Waals surface area contributed by atoms with E-state index in [4.69, 9.17) is 4.74 Å². The summed E-state index contributed by atoms with van der Waals surface area (Å²) in [6.45, 7) is 12.0. The highest BCUT2D eigenvalue weighted by molar-refractivity contribution is 5.40. The van der Waals surface area contributed by atoms with E-state index in [0.29, 0.717) is 6.04 Å². The van der Waals surface area contributed by atoms with Gasteiger partial charge in [-0.2, -0.15) is 0 Å². The second-order valence-electron chi connectivity index (χ2n) is 6.09. The molecule has 1 aliphatic rings. The number of nitrogens with one attached hydrogen (secondary N) is 1. The molecule has 1 N–H and O–H groups in total. The molecule has 0 aliphatic carbocycles. The fraction of sp³-hybridized carbons (Fsp3) is 0.667. The Morgan fingerprint density at radius 3 is 2.79 bits per heavy atom. The van der Waals surface area contributed by atoms with Crippen molar-refractivity contribution < 1.29 is 4.74 Å². The van der Waals surface area contributed by atoms with Crippen molar-refractivity contribution in [2.75, 3.05) is 24.6 Å². The topological polar surface area (TPSA) is 37.4 Å². The van der Waals surface area contributed by atoms with Crippen molar-refractivity contribution in [1.82, 2.24) is 10.3 Å². The summed E-state index contributed by atoms with van der Waals surface area (Å²) in [5, 5.41) is 3.40. The summed E-state index contributed by atoms with van der Waals surface area (Å²) in [6.07, 6.45) is 1.97. The summed E-state index contributed by atoms with van der Waals surface area (Å²) in [5.41, 5.74) is 1.14. The molecule has 0 saturated carbocycles. The Labute approximate surface area is 116 Å². The number of ether oxygens (including phenoxy) is 1. The monoisotopic (exact) mass is 263 g/mol. The number of hydrogen-bond donors (Lipinski definition) is 1. The minimum atomic E-state index is -0.0855. The van der Waals surface area contributed by atoms with E-state index in [0.717, 1.165) is 32.1 Å². The molecule has 106 valence electrons. The van der Waals surface area contributed by atoms with Crippen LogP contribution in [0.1, 0.15) is 33.3 Å². The highest BCUT2D eigenvalue weighted by atomic mass is 16.5. The van der Waals surface area contributed by atoms with E-state index in [-0.39, 0.29) is 5.60 Å². The van der Waals surface area contributed by atoms with Crippen LogP contribution in [0.5, 0.6) is 0 Å². The van der Waals surface area contributed by atoms with Gasteiger partial charge in [-0.1, -0.05) is 19.9 Å². The largest absolute Gasteiger partial charge is 0.372 e. The molecule has 1 aromatic heterocycles. The summed E-state index contributed by atoms with van der Waals surface area (Å²) in [4.78, 5) is 6.87. The van der Waals surface area contributed by atoms with E-state index in [2.05, 4.69) is 55.0 Å². The Kier molecular flexibility index (Phi) is 4.42. The molecular weight excluding hydrogens is 238 g/mol. The van der Waals surface area contributed by atoms with Crippen LogP contribution in [-0.2, 0) is 11.3 Å². The second kappa shape index (κ2) is 5.88. The Morgan fingerprint density at radius 2 is 2.21 bits per heavy atom. The molecule has 2 rings (SSSR count). The molecule has 0 unspecified atom stereocenters. The number of rotatable bonds is 4.